The van der Waals surface area contributed by atoms with Gasteiger partial charge in [0.1, 0.15) is 5.65 Å². The molecule has 2 aliphatic rings. The summed E-state index contributed by atoms with van der Waals surface area (Å²) < 4.78 is 0. The molecule has 0 bridgehead atoms. The van der Waals surface area contributed by atoms with Gasteiger partial charge >= 0.3 is 0 Å². The van der Waals surface area contributed by atoms with Crippen molar-refractivity contribution < 1.29 is 4.79 Å². The molecule has 2 heterocycles. The first-order valence-electron chi connectivity index (χ1n) is 6.81. The number of hydrogen-bond acceptors (Lipinski definition) is 2. The number of fused-ring (bicyclic) bond motifs is 1. The lowest BCUT2D eigenvalue weighted by Crippen LogP contribution is -2.18. The Balaban J connectivity index is 1.74. The van der Waals surface area contributed by atoms with E-state index in [2.05, 4.69) is 9.97 Å². The molecule has 0 unspecified atom stereocenters. The number of carbonyl (C=O) groups is 1. The van der Waals surface area contributed by atoms with Gasteiger partial charge in [0.25, 0.3) is 0 Å². The molecule has 2 aromatic heterocycles. The van der Waals surface area contributed by atoms with Crippen LogP contribution < -0.4 is 0 Å². The number of rotatable bonds is 4. The molecule has 0 saturated heterocycles. The summed E-state index contributed by atoms with van der Waals surface area (Å²) in [5.74, 6) is 1.95. The predicted octanol–water partition coefficient (Wildman–Crippen LogP) is 3.18. The summed E-state index contributed by atoms with van der Waals surface area (Å²) in [7, 11) is 0. The fourth-order valence-corrected chi connectivity index (χ4v) is 3.06. The van der Waals surface area contributed by atoms with Crippen LogP contribution in [0.2, 0.25) is 0 Å². The highest BCUT2D eigenvalue weighted by atomic mass is 16.1. The number of nitrogens with zero attached hydrogens (tertiary/aromatic N) is 1. The molecular formula is C15H16N2O. The van der Waals surface area contributed by atoms with E-state index in [1.54, 1.807) is 6.20 Å². The smallest absolute Gasteiger partial charge is 0.168 e. The molecule has 2 fully saturated rings. The zero-order valence-corrected chi connectivity index (χ0v) is 10.2. The minimum atomic E-state index is 0.282. The van der Waals surface area contributed by atoms with Crippen LogP contribution >= 0.6 is 0 Å². The number of pyridine rings is 1. The lowest BCUT2D eigenvalue weighted by Gasteiger charge is -2.13. The summed E-state index contributed by atoms with van der Waals surface area (Å²) in [6.07, 6.45) is 8.58. The largest absolute Gasteiger partial charge is 0.345 e. The molecule has 0 aromatic carbocycles. The third-order valence-electron chi connectivity index (χ3n) is 4.28. The van der Waals surface area contributed by atoms with Crippen molar-refractivity contribution in [2.45, 2.75) is 25.7 Å². The van der Waals surface area contributed by atoms with Gasteiger partial charge in [-0.1, -0.05) is 0 Å². The van der Waals surface area contributed by atoms with Gasteiger partial charge in [-0.25, -0.2) is 4.98 Å². The molecular weight excluding hydrogens is 224 g/mol. The second-order valence-electron chi connectivity index (χ2n) is 5.67. The standard InChI is InChI=1S/C15H16N2O/c18-14(13(9-3-4-9)10-5-6-10)12-8-17-15-11(12)2-1-7-16-15/h1-2,7-10,13H,3-6H2,(H,16,17). The molecule has 2 saturated carbocycles. The highest BCUT2D eigenvalue weighted by molar-refractivity contribution is 6.08. The molecule has 3 nitrogen and oxygen atoms in total. The van der Waals surface area contributed by atoms with Gasteiger partial charge < -0.3 is 4.98 Å². The van der Waals surface area contributed by atoms with Gasteiger partial charge in [0.15, 0.2) is 5.78 Å². The van der Waals surface area contributed by atoms with E-state index >= 15 is 0 Å². The van der Waals surface area contributed by atoms with Crippen LogP contribution in [0.15, 0.2) is 24.5 Å². The molecule has 0 spiro atoms. The molecule has 18 heavy (non-hydrogen) atoms. The molecule has 0 aliphatic heterocycles. The molecule has 0 atom stereocenters. The van der Waals surface area contributed by atoms with Crippen molar-refractivity contribution in [3.8, 4) is 0 Å². The molecule has 0 amide bonds. The van der Waals surface area contributed by atoms with Crippen molar-refractivity contribution in [2.75, 3.05) is 0 Å². The molecule has 0 radical (unpaired) electrons. The van der Waals surface area contributed by atoms with Crippen LogP contribution in [0.5, 0.6) is 0 Å². The number of ketones is 1. The first kappa shape index (κ1) is 10.3. The fraction of sp³-hybridized carbons (Fsp3) is 0.467. The molecule has 2 aromatic rings. The van der Waals surface area contributed by atoms with E-state index in [1.807, 2.05) is 18.3 Å². The van der Waals surface area contributed by atoms with Crippen molar-refractivity contribution in [3.63, 3.8) is 0 Å². The van der Waals surface area contributed by atoms with E-state index < -0.39 is 0 Å². The minimum absolute atomic E-state index is 0.282. The monoisotopic (exact) mass is 240 g/mol. The van der Waals surface area contributed by atoms with Crippen LogP contribution in [0.1, 0.15) is 36.0 Å². The predicted molar refractivity (Wildman–Crippen MR) is 69.4 cm³/mol. The number of Topliss-reactive ketones (excluding diaryl/α,β-unsaturated/α-hetero) is 1. The van der Waals surface area contributed by atoms with E-state index in [0.29, 0.717) is 17.6 Å². The summed E-state index contributed by atoms with van der Waals surface area (Å²) >= 11 is 0. The van der Waals surface area contributed by atoms with Crippen molar-refractivity contribution in [1.82, 2.24) is 9.97 Å². The maximum absolute atomic E-state index is 12.7. The summed E-state index contributed by atoms with van der Waals surface area (Å²) in [5, 5.41) is 0.980. The van der Waals surface area contributed by atoms with Gasteiger partial charge in [-0.3, -0.25) is 4.79 Å². The van der Waals surface area contributed by atoms with Crippen molar-refractivity contribution in [1.29, 1.82) is 0 Å². The maximum Gasteiger partial charge on any atom is 0.168 e. The van der Waals surface area contributed by atoms with Gasteiger partial charge in [0.2, 0.25) is 0 Å². The Bertz CT molecular complexity index is 596. The SMILES string of the molecule is O=C(c1c[nH]c2ncccc12)C(C1CC1)C1CC1. The molecule has 92 valence electrons. The summed E-state index contributed by atoms with van der Waals surface area (Å²) in [6.45, 7) is 0. The molecule has 1 N–H and O–H groups in total. The Hall–Kier alpha value is -1.64. The quantitative estimate of drug-likeness (QED) is 0.834. The van der Waals surface area contributed by atoms with E-state index in [-0.39, 0.29) is 5.92 Å². The topological polar surface area (TPSA) is 45.8 Å². The molecule has 2 aliphatic carbocycles. The number of H-pyrrole nitrogens is 1. The first-order valence-corrected chi connectivity index (χ1v) is 6.81. The summed E-state index contributed by atoms with van der Waals surface area (Å²) in [4.78, 5) is 20.1. The number of nitrogens with one attached hydrogen (secondary N) is 1. The van der Waals surface area contributed by atoms with E-state index in [4.69, 9.17) is 0 Å². The van der Waals surface area contributed by atoms with Crippen LogP contribution in [-0.2, 0) is 0 Å². The minimum Gasteiger partial charge on any atom is -0.345 e. The first-order chi connectivity index (χ1) is 8.84. The van der Waals surface area contributed by atoms with Crippen LogP contribution in [0.4, 0.5) is 0 Å². The fourth-order valence-electron chi connectivity index (χ4n) is 3.06. The highest BCUT2D eigenvalue weighted by Crippen LogP contribution is 2.50. The summed E-state index contributed by atoms with van der Waals surface area (Å²) in [6, 6.07) is 3.89. The van der Waals surface area contributed by atoms with Gasteiger partial charge in [0, 0.05) is 29.3 Å². The van der Waals surface area contributed by atoms with Gasteiger partial charge in [0.05, 0.1) is 0 Å². The normalized spacial score (nSPS) is 19.6. The Morgan fingerprint density at radius 2 is 2.00 bits per heavy atom. The van der Waals surface area contributed by atoms with E-state index in [1.165, 1.54) is 25.7 Å². The van der Waals surface area contributed by atoms with Crippen molar-refractivity contribution in [2.24, 2.45) is 17.8 Å². The number of aromatic nitrogens is 2. The molecule has 3 heteroatoms. The van der Waals surface area contributed by atoms with Crippen LogP contribution in [0.25, 0.3) is 11.0 Å². The van der Waals surface area contributed by atoms with Crippen LogP contribution in [0.3, 0.4) is 0 Å². The Morgan fingerprint density at radius 1 is 1.28 bits per heavy atom. The highest BCUT2D eigenvalue weighted by Gasteiger charge is 2.45. The van der Waals surface area contributed by atoms with E-state index in [9.17, 15) is 4.79 Å². The van der Waals surface area contributed by atoms with Crippen LogP contribution in [-0.4, -0.2) is 15.8 Å². The van der Waals surface area contributed by atoms with Crippen LogP contribution in [0, 0.1) is 17.8 Å². The van der Waals surface area contributed by atoms with Crippen molar-refractivity contribution in [3.05, 3.63) is 30.1 Å². The summed E-state index contributed by atoms with van der Waals surface area (Å²) in [5.41, 5.74) is 1.67. The number of hydrogen-bond donors (Lipinski definition) is 1. The lowest BCUT2D eigenvalue weighted by atomic mass is 9.89. The average Bonchev–Trinajstić information content (AvgIpc) is 3.30. The third-order valence-corrected chi connectivity index (χ3v) is 4.28. The Labute approximate surface area is 106 Å². The Kier molecular flexibility index (Phi) is 2.10. The molecule has 4 rings (SSSR count). The zero-order valence-electron chi connectivity index (χ0n) is 10.2. The Morgan fingerprint density at radius 3 is 2.67 bits per heavy atom. The number of carbonyl (C=O) groups excluding carboxylic acids is 1. The number of aromatic amines is 1. The van der Waals surface area contributed by atoms with Gasteiger partial charge in [-0.05, 0) is 49.7 Å². The lowest BCUT2D eigenvalue weighted by molar-refractivity contribution is 0.0888. The van der Waals surface area contributed by atoms with Gasteiger partial charge in [-0.2, -0.15) is 0 Å². The third kappa shape index (κ3) is 1.57. The second-order valence-corrected chi connectivity index (χ2v) is 5.67. The zero-order chi connectivity index (χ0) is 12.1. The second kappa shape index (κ2) is 3.67. The van der Waals surface area contributed by atoms with E-state index in [0.717, 1.165) is 16.6 Å². The average molecular weight is 240 g/mol. The van der Waals surface area contributed by atoms with Crippen molar-refractivity contribution >= 4 is 16.8 Å². The maximum atomic E-state index is 12.7. The van der Waals surface area contributed by atoms with Gasteiger partial charge in [-0.15, -0.1) is 0 Å².